The first-order valence-corrected chi connectivity index (χ1v) is 24.3. The first kappa shape index (κ1) is 46.7. The minimum atomic E-state index is -4.32. The SMILES string of the molecule is CCCCN(C(=O)c1nn(-c2ccc(C(=O)NS(=O)(=O)c3ccc4ccccc4c3)cc2C(=O)N2CCc3ccccc3C2)c(C)c1Cl)c1ccc(CCC(=O)N2CCC(C(=O)O)CC2)cc1. The van der Waals surface area contributed by atoms with Crippen molar-refractivity contribution >= 4 is 67.7 Å². The summed E-state index contributed by atoms with van der Waals surface area (Å²) in [7, 11) is -4.32. The summed E-state index contributed by atoms with van der Waals surface area (Å²) in [4.78, 5) is 72.2. The van der Waals surface area contributed by atoms with Gasteiger partial charge in [-0.3, -0.25) is 24.0 Å². The lowest BCUT2D eigenvalue weighted by atomic mass is 9.96. The van der Waals surface area contributed by atoms with Gasteiger partial charge in [0.1, 0.15) is 0 Å². The number of unbranched alkanes of at least 4 members (excludes halogenated alkanes) is 1. The third-order valence-corrected chi connectivity index (χ3v) is 14.5. The van der Waals surface area contributed by atoms with Crippen molar-refractivity contribution < 1.29 is 37.5 Å². The molecule has 4 amide bonds. The van der Waals surface area contributed by atoms with Gasteiger partial charge in [-0.15, -0.1) is 0 Å². The smallest absolute Gasteiger partial charge is 0.306 e. The average molecular weight is 944 g/mol. The van der Waals surface area contributed by atoms with Crippen molar-refractivity contribution in [3.8, 4) is 5.69 Å². The van der Waals surface area contributed by atoms with Gasteiger partial charge in [-0.1, -0.05) is 91.7 Å². The third kappa shape index (κ3) is 10.1. The van der Waals surface area contributed by atoms with E-state index >= 15 is 0 Å². The number of piperidine rings is 1. The lowest BCUT2D eigenvalue weighted by Crippen LogP contribution is -2.40. The Morgan fingerprint density at radius 2 is 1.54 bits per heavy atom. The van der Waals surface area contributed by atoms with Crippen LogP contribution in [0.2, 0.25) is 5.02 Å². The monoisotopic (exact) mass is 942 g/mol. The number of anilines is 1. The molecule has 5 aromatic carbocycles. The Balaban J connectivity index is 1.07. The summed E-state index contributed by atoms with van der Waals surface area (Å²) in [6.07, 6.45) is 3.71. The van der Waals surface area contributed by atoms with E-state index in [1.807, 2.05) is 67.6 Å². The van der Waals surface area contributed by atoms with Crippen LogP contribution in [0.4, 0.5) is 5.69 Å². The largest absolute Gasteiger partial charge is 0.481 e. The van der Waals surface area contributed by atoms with Crippen LogP contribution >= 0.6 is 11.6 Å². The predicted molar refractivity (Wildman–Crippen MR) is 255 cm³/mol. The molecular formula is C51H51ClN6O8S. The van der Waals surface area contributed by atoms with Crippen molar-refractivity contribution in [3.63, 3.8) is 0 Å². The molecule has 0 unspecified atom stereocenters. The lowest BCUT2D eigenvalue weighted by molar-refractivity contribution is -0.145. The number of carbonyl (C=O) groups is 5. The summed E-state index contributed by atoms with van der Waals surface area (Å²) in [6.45, 7) is 5.59. The fourth-order valence-corrected chi connectivity index (χ4v) is 9.93. The highest BCUT2D eigenvalue weighted by molar-refractivity contribution is 7.90. The summed E-state index contributed by atoms with van der Waals surface area (Å²) in [5, 5.41) is 15.6. The number of carbonyl (C=O) groups excluding carboxylic acids is 4. The Morgan fingerprint density at radius 3 is 2.25 bits per heavy atom. The number of aliphatic carboxylic acids is 1. The second-order valence-corrected chi connectivity index (χ2v) is 19.1. The molecule has 346 valence electrons. The van der Waals surface area contributed by atoms with Crippen LogP contribution in [0.1, 0.15) is 92.6 Å². The number of carboxylic acids is 1. The summed E-state index contributed by atoms with van der Waals surface area (Å²) in [5.41, 5.74) is 4.12. The zero-order chi connectivity index (χ0) is 47.4. The minimum Gasteiger partial charge on any atom is -0.481 e. The summed E-state index contributed by atoms with van der Waals surface area (Å²) in [5.74, 6) is -3.10. The molecule has 2 aliphatic heterocycles. The van der Waals surface area contributed by atoms with Gasteiger partial charge in [-0.05, 0) is 109 Å². The van der Waals surface area contributed by atoms with Gasteiger partial charge in [0.25, 0.3) is 27.7 Å². The number of sulfonamides is 1. The highest BCUT2D eigenvalue weighted by Gasteiger charge is 2.31. The summed E-state index contributed by atoms with van der Waals surface area (Å²) in [6, 6.07) is 31.3. The standard InChI is InChI=1S/C51H51ClN6O8S/c1-3-4-26-57(41-18-13-34(14-19-41)15-22-45(59)55-27-24-37(25-28-55)51(63)64)50(62)47-46(52)33(2)58(53-47)44-21-17-39(31-43(44)49(61)56-29-23-36-10-6-8-12-40(36)32-56)48(60)54-67(65,66)42-20-16-35-9-5-7-11-38(35)30-42/h5-14,16-21,30-31,37H,3-4,15,22-29,32H2,1-2H3,(H,54,60)(H,63,64). The van der Waals surface area contributed by atoms with Crippen molar-refractivity contribution in [2.24, 2.45) is 5.92 Å². The topological polar surface area (TPSA) is 179 Å². The molecule has 1 saturated heterocycles. The van der Waals surface area contributed by atoms with E-state index in [1.54, 1.807) is 39.8 Å². The molecule has 2 aliphatic rings. The van der Waals surface area contributed by atoms with Crippen molar-refractivity contribution in [1.82, 2.24) is 24.3 Å². The van der Waals surface area contributed by atoms with Crippen LogP contribution in [0.3, 0.4) is 0 Å². The molecule has 1 fully saturated rings. The number of halogens is 1. The highest BCUT2D eigenvalue weighted by Crippen LogP contribution is 2.31. The van der Waals surface area contributed by atoms with E-state index in [9.17, 15) is 37.5 Å². The molecule has 2 N–H and O–H groups in total. The molecule has 8 rings (SSSR count). The molecule has 0 aliphatic carbocycles. The molecule has 6 aromatic rings. The van der Waals surface area contributed by atoms with Crippen molar-refractivity contribution in [2.75, 3.05) is 31.1 Å². The van der Waals surface area contributed by atoms with E-state index in [0.717, 1.165) is 28.5 Å². The molecule has 0 radical (unpaired) electrons. The molecule has 14 nitrogen and oxygen atoms in total. The fraction of sp³-hybridized carbons (Fsp3) is 0.294. The van der Waals surface area contributed by atoms with Crippen molar-refractivity contribution in [1.29, 1.82) is 0 Å². The number of hydrogen-bond acceptors (Lipinski definition) is 8. The summed E-state index contributed by atoms with van der Waals surface area (Å²) < 4.78 is 30.7. The van der Waals surface area contributed by atoms with Crippen LogP contribution in [0.25, 0.3) is 16.5 Å². The number of nitrogens with zero attached hydrogens (tertiary/aromatic N) is 5. The van der Waals surface area contributed by atoms with Gasteiger partial charge >= 0.3 is 5.97 Å². The average Bonchev–Trinajstić information content (AvgIpc) is 3.64. The number of rotatable bonds is 14. The van der Waals surface area contributed by atoms with Crippen LogP contribution in [-0.2, 0) is 39.0 Å². The second kappa shape index (κ2) is 19.9. The van der Waals surface area contributed by atoms with Crippen LogP contribution in [0.5, 0.6) is 0 Å². The maximum atomic E-state index is 14.7. The van der Waals surface area contributed by atoms with Gasteiger partial charge in [-0.25, -0.2) is 17.8 Å². The fourth-order valence-electron chi connectivity index (χ4n) is 8.72. The number of likely N-dealkylation sites (tertiary alicyclic amines) is 1. The van der Waals surface area contributed by atoms with E-state index in [2.05, 4.69) is 4.72 Å². The van der Waals surface area contributed by atoms with Crippen LogP contribution in [0.15, 0.2) is 114 Å². The number of benzene rings is 5. The first-order valence-electron chi connectivity index (χ1n) is 22.4. The van der Waals surface area contributed by atoms with Crippen LogP contribution < -0.4 is 9.62 Å². The molecule has 16 heteroatoms. The molecule has 3 heterocycles. The second-order valence-electron chi connectivity index (χ2n) is 17.1. The number of fused-ring (bicyclic) bond motifs is 2. The normalized spacial score (nSPS) is 14.1. The van der Waals surface area contributed by atoms with Crippen LogP contribution in [0, 0.1) is 12.8 Å². The first-order chi connectivity index (χ1) is 32.2. The van der Waals surface area contributed by atoms with Crippen LogP contribution in [-0.4, -0.2) is 88.9 Å². The van der Waals surface area contributed by atoms with Gasteiger partial charge in [-0.2, -0.15) is 5.10 Å². The molecule has 0 atom stereocenters. The minimum absolute atomic E-state index is 0.0257. The molecule has 0 spiro atoms. The number of aryl methyl sites for hydroxylation is 1. The Hall–Kier alpha value is -6.84. The number of nitrogens with one attached hydrogen (secondary N) is 1. The Labute approximate surface area is 394 Å². The van der Waals surface area contributed by atoms with E-state index in [-0.39, 0.29) is 44.8 Å². The van der Waals surface area contributed by atoms with Crippen molar-refractivity contribution in [2.45, 2.75) is 70.2 Å². The van der Waals surface area contributed by atoms with Crippen molar-refractivity contribution in [3.05, 3.63) is 153 Å². The predicted octanol–water partition coefficient (Wildman–Crippen LogP) is 8.01. The quantitative estimate of drug-likeness (QED) is 0.109. The Bertz CT molecular complexity index is 3000. The molecule has 0 bridgehead atoms. The van der Waals surface area contributed by atoms with E-state index in [1.165, 1.54) is 35.0 Å². The summed E-state index contributed by atoms with van der Waals surface area (Å²) >= 11 is 6.97. The van der Waals surface area contributed by atoms with E-state index in [4.69, 9.17) is 16.7 Å². The highest BCUT2D eigenvalue weighted by atomic mass is 35.5. The van der Waals surface area contributed by atoms with Gasteiger partial charge in [0, 0.05) is 50.4 Å². The number of aromatic nitrogens is 2. The molecule has 1 aromatic heterocycles. The van der Waals surface area contributed by atoms with E-state index < -0.39 is 39.6 Å². The van der Waals surface area contributed by atoms with Gasteiger partial charge in [0.05, 0.1) is 32.8 Å². The zero-order valence-corrected chi connectivity index (χ0v) is 38.9. The van der Waals surface area contributed by atoms with Gasteiger partial charge in [0.15, 0.2) is 5.69 Å². The Morgan fingerprint density at radius 1 is 0.836 bits per heavy atom. The third-order valence-electron chi connectivity index (χ3n) is 12.7. The number of hydrogen-bond donors (Lipinski definition) is 2. The maximum Gasteiger partial charge on any atom is 0.306 e. The zero-order valence-electron chi connectivity index (χ0n) is 37.3. The molecule has 0 saturated carbocycles. The number of carboxylic acid groups (broad SMARTS) is 1. The van der Waals surface area contributed by atoms with E-state index in [0.29, 0.717) is 81.6 Å². The van der Waals surface area contributed by atoms with Gasteiger partial charge < -0.3 is 19.8 Å². The Kier molecular flexibility index (Phi) is 13.9. The molecule has 67 heavy (non-hydrogen) atoms. The molecular weight excluding hydrogens is 892 g/mol. The van der Waals surface area contributed by atoms with Gasteiger partial charge in [0.2, 0.25) is 5.91 Å². The lowest BCUT2D eigenvalue weighted by Gasteiger charge is -2.30. The number of amides is 4. The maximum absolute atomic E-state index is 14.7.